The molecule has 0 atom stereocenters. The highest BCUT2D eigenvalue weighted by Gasteiger charge is 2.12. The molecule has 0 fully saturated rings. The van der Waals surface area contributed by atoms with Gasteiger partial charge in [0, 0.05) is 18.6 Å². The lowest BCUT2D eigenvalue weighted by Gasteiger charge is -2.19. The van der Waals surface area contributed by atoms with Gasteiger partial charge in [0.15, 0.2) is 6.61 Å². The second-order valence-corrected chi connectivity index (χ2v) is 5.50. The minimum absolute atomic E-state index is 0.0258. The molecule has 0 aliphatic rings. The molecule has 0 radical (unpaired) electrons. The minimum atomic E-state index is -0.0779. The van der Waals surface area contributed by atoms with Crippen molar-refractivity contribution in [2.45, 2.75) is 19.9 Å². The largest absolute Gasteiger partial charge is 0.483 e. The fourth-order valence-corrected chi connectivity index (χ4v) is 2.35. The second-order valence-electron chi connectivity index (χ2n) is 5.09. The smallest absolute Gasteiger partial charge is 0.260 e. The molecule has 0 N–H and O–H groups in total. The molecule has 3 nitrogen and oxygen atoms in total. The van der Waals surface area contributed by atoms with Gasteiger partial charge in [0.1, 0.15) is 5.75 Å². The van der Waals surface area contributed by atoms with Crippen molar-refractivity contribution in [2.24, 2.45) is 0 Å². The van der Waals surface area contributed by atoms with E-state index in [0.29, 0.717) is 11.6 Å². The summed E-state index contributed by atoms with van der Waals surface area (Å²) in [5, 5.41) is 0.666. The Balaban J connectivity index is 1.93. The van der Waals surface area contributed by atoms with Crippen LogP contribution in [0, 0.1) is 0 Å². The lowest BCUT2D eigenvalue weighted by Crippen LogP contribution is -2.31. The van der Waals surface area contributed by atoms with E-state index in [0.717, 1.165) is 23.3 Å². The number of nitrogens with zero attached hydrogens (tertiary/aromatic N) is 1. The Bertz CT molecular complexity index is 642. The van der Waals surface area contributed by atoms with Gasteiger partial charge in [-0.2, -0.15) is 0 Å². The molecule has 0 bridgehead atoms. The van der Waals surface area contributed by atoms with E-state index >= 15 is 0 Å². The number of hydrogen-bond acceptors (Lipinski definition) is 2. The number of aryl methyl sites for hydroxylation is 1. The van der Waals surface area contributed by atoms with E-state index in [-0.39, 0.29) is 12.5 Å². The normalized spacial score (nSPS) is 10.3. The van der Waals surface area contributed by atoms with Crippen LogP contribution < -0.4 is 4.74 Å². The number of halogens is 1. The Labute approximate surface area is 136 Å². The molecule has 116 valence electrons. The fraction of sp³-hybridized carbons (Fsp3) is 0.278. The van der Waals surface area contributed by atoms with E-state index < -0.39 is 0 Å². The summed E-state index contributed by atoms with van der Waals surface area (Å²) in [5.41, 5.74) is 2.03. The fourth-order valence-electron chi connectivity index (χ4n) is 2.16. The SMILES string of the molecule is CCc1ccccc1OCC(=O)N(C)Cc1ccccc1Cl. The first kappa shape index (κ1) is 16.4. The zero-order chi connectivity index (χ0) is 15.9. The number of ether oxygens (including phenoxy) is 1. The van der Waals surface area contributed by atoms with Gasteiger partial charge in [-0.05, 0) is 29.7 Å². The number of rotatable bonds is 6. The van der Waals surface area contributed by atoms with Crippen LogP contribution in [-0.2, 0) is 17.8 Å². The molecule has 0 aliphatic heterocycles. The molecule has 1 amide bonds. The van der Waals surface area contributed by atoms with Gasteiger partial charge in [-0.3, -0.25) is 4.79 Å². The number of carbonyl (C=O) groups is 1. The quantitative estimate of drug-likeness (QED) is 0.807. The van der Waals surface area contributed by atoms with Crippen molar-refractivity contribution in [1.29, 1.82) is 0 Å². The standard InChI is InChI=1S/C18H20ClNO2/c1-3-14-8-5-7-11-17(14)22-13-18(21)20(2)12-15-9-4-6-10-16(15)19/h4-11H,3,12-13H2,1-2H3. The summed E-state index contributed by atoms with van der Waals surface area (Å²) in [6.45, 7) is 2.56. The third-order valence-corrected chi connectivity index (χ3v) is 3.86. The summed E-state index contributed by atoms with van der Waals surface area (Å²) in [5.74, 6) is 0.690. The summed E-state index contributed by atoms with van der Waals surface area (Å²) in [7, 11) is 1.75. The van der Waals surface area contributed by atoms with E-state index in [2.05, 4.69) is 6.92 Å². The number of likely N-dealkylation sites (N-methyl/N-ethyl adjacent to an activating group) is 1. The number of amides is 1. The molecule has 0 aromatic heterocycles. The van der Waals surface area contributed by atoms with Crippen molar-refractivity contribution in [3.63, 3.8) is 0 Å². The maximum atomic E-state index is 12.2. The predicted octanol–water partition coefficient (Wildman–Crippen LogP) is 3.94. The first-order chi connectivity index (χ1) is 10.6. The molecule has 0 saturated heterocycles. The summed E-state index contributed by atoms with van der Waals surface area (Å²) >= 11 is 6.12. The number of para-hydroxylation sites is 1. The van der Waals surface area contributed by atoms with Crippen LogP contribution in [0.15, 0.2) is 48.5 Å². The summed E-state index contributed by atoms with van der Waals surface area (Å²) < 4.78 is 5.65. The average Bonchev–Trinajstić information content (AvgIpc) is 2.54. The molecule has 4 heteroatoms. The van der Waals surface area contributed by atoms with Crippen LogP contribution in [0.3, 0.4) is 0 Å². The highest BCUT2D eigenvalue weighted by atomic mass is 35.5. The Hall–Kier alpha value is -2.00. The van der Waals surface area contributed by atoms with Gasteiger partial charge in [0.2, 0.25) is 0 Å². The Morgan fingerprint density at radius 1 is 1.09 bits per heavy atom. The van der Waals surface area contributed by atoms with Gasteiger partial charge in [0.25, 0.3) is 5.91 Å². The van der Waals surface area contributed by atoms with Crippen molar-refractivity contribution < 1.29 is 9.53 Å². The maximum absolute atomic E-state index is 12.2. The van der Waals surface area contributed by atoms with Crippen molar-refractivity contribution in [3.05, 3.63) is 64.7 Å². The van der Waals surface area contributed by atoms with Crippen LogP contribution >= 0.6 is 11.6 Å². The van der Waals surface area contributed by atoms with Crippen LogP contribution in [0.5, 0.6) is 5.75 Å². The molecule has 0 saturated carbocycles. The molecule has 0 aliphatic carbocycles. The van der Waals surface area contributed by atoms with E-state index in [1.54, 1.807) is 11.9 Å². The molecule has 2 aromatic rings. The molecule has 2 rings (SSSR count). The molecule has 0 heterocycles. The predicted molar refractivity (Wildman–Crippen MR) is 89.2 cm³/mol. The molecule has 22 heavy (non-hydrogen) atoms. The van der Waals surface area contributed by atoms with Gasteiger partial charge < -0.3 is 9.64 Å². The molecular formula is C18H20ClNO2. The zero-order valence-electron chi connectivity index (χ0n) is 12.9. The first-order valence-electron chi connectivity index (χ1n) is 7.30. The van der Waals surface area contributed by atoms with E-state index in [9.17, 15) is 4.79 Å². The monoisotopic (exact) mass is 317 g/mol. The summed E-state index contributed by atoms with van der Waals surface area (Å²) in [4.78, 5) is 13.8. The van der Waals surface area contributed by atoms with Crippen molar-refractivity contribution in [2.75, 3.05) is 13.7 Å². The van der Waals surface area contributed by atoms with Crippen LogP contribution in [0.1, 0.15) is 18.1 Å². The zero-order valence-corrected chi connectivity index (χ0v) is 13.6. The Morgan fingerprint density at radius 2 is 1.73 bits per heavy atom. The van der Waals surface area contributed by atoms with Crippen molar-refractivity contribution in [1.82, 2.24) is 4.90 Å². The second kappa shape index (κ2) is 7.85. The topological polar surface area (TPSA) is 29.5 Å². The lowest BCUT2D eigenvalue weighted by atomic mass is 10.1. The van der Waals surface area contributed by atoms with Crippen molar-refractivity contribution in [3.8, 4) is 5.75 Å². The third-order valence-electron chi connectivity index (χ3n) is 3.50. The van der Waals surface area contributed by atoms with Crippen molar-refractivity contribution >= 4 is 17.5 Å². The number of benzene rings is 2. The van der Waals surface area contributed by atoms with Crippen LogP contribution in [-0.4, -0.2) is 24.5 Å². The highest BCUT2D eigenvalue weighted by molar-refractivity contribution is 6.31. The molecular weight excluding hydrogens is 298 g/mol. The van der Waals surface area contributed by atoms with Gasteiger partial charge in [0.05, 0.1) is 0 Å². The van der Waals surface area contributed by atoms with Gasteiger partial charge >= 0.3 is 0 Å². The first-order valence-corrected chi connectivity index (χ1v) is 7.67. The Kier molecular flexibility index (Phi) is 5.84. The average molecular weight is 318 g/mol. The Morgan fingerprint density at radius 3 is 2.41 bits per heavy atom. The minimum Gasteiger partial charge on any atom is -0.483 e. The molecule has 0 unspecified atom stereocenters. The number of hydrogen-bond donors (Lipinski definition) is 0. The van der Waals surface area contributed by atoms with Crippen LogP contribution in [0.4, 0.5) is 0 Å². The van der Waals surface area contributed by atoms with E-state index in [1.807, 2.05) is 48.5 Å². The number of carbonyl (C=O) groups excluding carboxylic acids is 1. The highest BCUT2D eigenvalue weighted by Crippen LogP contribution is 2.19. The maximum Gasteiger partial charge on any atom is 0.260 e. The van der Waals surface area contributed by atoms with Crippen LogP contribution in [0.2, 0.25) is 5.02 Å². The van der Waals surface area contributed by atoms with Gasteiger partial charge in [-0.25, -0.2) is 0 Å². The molecule has 0 spiro atoms. The van der Waals surface area contributed by atoms with E-state index in [4.69, 9.17) is 16.3 Å². The summed E-state index contributed by atoms with van der Waals surface area (Å²) in [6, 6.07) is 15.3. The van der Waals surface area contributed by atoms with Gasteiger partial charge in [-0.1, -0.05) is 54.9 Å². The molecule has 2 aromatic carbocycles. The van der Waals surface area contributed by atoms with Crippen LogP contribution in [0.25, 0.3) is 0 Å². The van der Waals surface area contributed by atoms with Gasteiger partial charge in [-0.15, -0.1) is 0 Å². The third kappa shape index (κ3) is 4.25. The van der Waals surface area contributed by atoms with E-state index in [1.165, 1.54) is 0 Å². The lowest BCUT2D eigenvalue weighted by molar-refractivity contribution is -0.132. The summed E-state index contributed by atoms with van der Waals surface area (Å²) in [6.07, 6.45) is 0.875.